The molecule has 106 valence electrons. The highest BCUT2D eigenvalue weighted by Gasteiger charge is 2.21. The quantitative estimate of drug-likeness (QED) is 0.878. The lowest BCUT2D eigenvalue weighted by Crippen LogP contribution is -2.17. The van der Waals surface area contributed by atoms with Gasteiger partial charge in [0.1, 0.15) is 16.5 Å². The smallest absolute Gasteiger partial charge is 0.266 e. The fourth-order valence-corrected chi connectivity index (χ4v) is 3.34. The summed E-state index contributed by atoms with van der Waals surface area (Å²) < 4.78 is 27.9. The Morgan fingerprint density at radius 2 is 2.00 bits per heavy atom. The van der Waals surface area contributed by atoms with Gasteiger partial charge in [0.05, 0.1) is 0 Å². The molecule has 0 aliphatic carbocycles. The molecule has 0 aliphatic heterocycles. The molecule has 0 bridgehead atoms. The van der Waals surface area contributed by atoms with Crippen LogP contribution in [-0.4, -0.2) is 25.4 Å². The molecule has 0 unspecified atom stereocenters. The van der Waals surface area contributed by atoms with Crippen LogP contribution in [-0.2, 0) is 10.0 Å². The molecule has 0 saturated heterocycles. The summed E-state index contributed by atoms with van der Waals surface area (Å²) in [6.07, 6.45) is 3.06. The van der Waals surface area contributed by atoms with E-state index in [-0.39, 0.29) is 10.7 Å². The predicted molar refractivity (Wildman–Crippen MR) is 81.3 cm³/mol. The van der Waals surface area contributed by atoms with Crippen LogP contribution in [0.15, 0.2) is 40.0 Å². The molecule has 0 fully saturated rings. The number of hydrogen-bond donors (Lipinski definition) is 2. The van der Waals surface area contributed by atoms with Crippen molar-refractivity contribution in [1.29, 1.82) is 0 Å². The summed E-state index contributed by atoms with van der Waals surface area (Å²) in [5, 5.41) is 2.76. The minimum absolute atomic E-state index is 0.0550. The Hall–Kier alpha value is -1.67. The summed E-state index contributed by atoms with van der Waals surface area (Å²) in [6.45, 7) is 1.78. The second-order valence-electron chi connectivity index (χ2n) is 4.02. The third-order valence-corrected chi connectivity index (χ3v) is 4.37. The highest BCUT2D eigenvalue weighted by molar-refractivity contribution is 9.10. The molecular formula is C12H13BrN4O2S. The van der Waals surface area contributed by atoms with Gasteiger partial charge in [0.2, 0.25) is 0 Å². The lowest BCUT2D eigenvalue weighted by molar-refractivity contribution is 0.601. The average Bonchev–Trinajstić information content (AvgIpc) is 2.41. The maximum Gasteiger partial charge on any atom is 0.266 e. The Bertz CT molecular complexity index is 734. The molecule has 0 atom stereocenters. The van der Waals surface area contributed by atoms with Crippen LogP contribution in [0.3, 0.4) is 0 Å². The van der Waals surface area contributed by atoms with E-state index in [1.807, 2.05) is 0 Å². The van der Waals surface area contributed by atoms with Gasteiger partial charge in [-0.1, -0.05) is 6.07 Å². The number of aromatic nitrogens is 2. The summed E-state index contributed by atoms with van der Waals surface area (Å²) in [5.41, 5.74) is 0.741. The summed E-state index contributed by atoms with van der Waals surface area (Å²) in [7, 11) is -2.16. The Kier molecular flexibility index (Phi) is 4.24. The topological polar surface area (TPSA) is 84.0 Å². The van der Waals surface area contributed by atoms with Crippen molar-refractivity contribution in [3.63, 3.8) is 0 Å². The lowest BCUT2D eigenvalue weighted by Gasteiger charge is -2.12. The normalized spacial score (nSPS) is 11.2. The van der Waals surface area contributed by atoms with Crippen molar-refractivity contribution >= 4 is 37.6 Å². The van der Waals surface area contributed by atoms with Gasteiger partial charge >= 0.3 is 0 Å². The van der Waals surface area contributed by atoms with Gasteiger partial charge in [-0.25, -0.2) is 18.4 Å². The highest BCUT2D eigenvalue weighted by Crippen LogP contribution is 2.25. The zero-order chi connectivity index (χ0) is 14.8. The van der Waals surface area contributed by atoms with Gasteiger partial charge < -0.3 is 5.32 Å². The van der Waals surface area contributed by atoms with E-state index in [1.165, 1.54) is 18.5 Å². The number of nitrogens with zero attached hydrogens (tertiary/aromatic N) is 2. The van der Waals surface area contributed by atoms with Crippen LogP contribution < -0.4 is 10.0 Å². The van der Waals surface area contributed by atoms with E-state index in [1.54, 1.807) is 26.1 Å². The molecular weight excluding hydrogens is 344 g/mol. The van der Waals surface area contributed by atoms with Gasteiger partial charge in [0.25, 0.3) is 10.0 Å². The molecule has 2 N–H and O–H groups in total. The molecule has 8 heteroatoms. The van der Waals surface area contributed by atoms with E-state index < -0.39 is 10.0 Å². The van der Waals surface area contributed by atoms with Crippen molar-refractivity contribution in [2.45, 2.75) is 11.8 Å². The number of anilines is 2. The number of rotatable bonds is 4. The molecule has 2 aromatic rings. The minimum atomic E-state index is -3.77. The van der Waals surface area contributed by atoms with Crippen LogP contribution in [0.2, 0.25) is 0 Å². The van der Waals surface area contributed by atoms with Gasteiger partial charge in [-0.05, 0) is 40.5 Å². The first kappa shape index (κ1) is 14.7. The van der Waals surface area contributed by atoms with Crippen molar-refractivity contribution in [3.8, 4) is 0 Å². The molecule has 0 spiro atoms. The van der Waals surface area contributed by atoms with Crippen LogP contribution in [0.25, 0.3) is 0 Å². The summed E-state index contributed by atoms with van der Waals surface area (Å²) in [4.78, 5) is 8.11. The molecule has 6 nitrogen and oxygen atoms in total. The molecule has 0 radical (unpaired) electrons. The number of aryl methyl sites for hydroxylation is 1. The zero-order valence-corrected chi connectivity index (χ0v) is 13.3. The van der Waals surface area contributed by atoms with E-state index >= 15 is 0 Å². The average molecular weight is 357 g/mol. The minimum Gasteiger partial charge on any atom is -0.372 e. The second-order valence-corrected chi connectivity index (χ2v) is 6.59. The first-order valence-electron chi connectivity index (χ1n) is 5.72. The van der Waals surface area contributed by atoms with Crippen molar-refractivity contribution in [2.75, 3.05) is 17.1 Å². The van der Waals surface area contributed by atoms with Crippen LogP contribution >= 0.6 is 15.9 Å². The number of sulfonamides is 1. The Labute approximate surface area is 125 Å². The molecule has 2 aromatic heterocycles. The van der Waals surface area contributed by atoms with Crippen molar-refractivity contribution in [1.82, 2.24) is 9.97 Å². The second kappa shape index (κ2) is 5.76. The Balaban J connectivity index is 2.46. The molecule has 0 aliphatic rings. The fourth-order valence-electron chi connectivity index (χ4n) is 1.59. The number of nitrogens with one attached hydrogen (secondary N) is 2. The van der Waals surface area contributed by atoms with E-state index in [2.05, 4.69) is 35.9 Å². The maximum absolute atomic E-state index is 12.4. The SMILES string of the molecule is CNc1ncc(Br)cc1S(=O)(=O)Nc1ncccc1C. The first-order valence-corrected chi connectivity index (χ1v) is 7.99. The number of halogens is 1. The van der Waals surface area contributed by atoms with Gasteiger partial charge in [-0.15, -0.1) is 0 Å². The molecule has 0 aromatic carbocycles. The summed E-state index contributed by atoms with van der Waals surface area (Å²) in [5.74, 6) is 0.573. The number of pyridine rings is 2. The van der Waals surface area contributed by atoms with E-state index in [0.717, 1.165) is 5.56 Å². The number of hydrogen-bond acceptors (Lipinski definition) is 5. The standard InChI is InChI=1S/C12H13BrN4O2S/c1-8-4-3-5-15-11(8)17-20(18,19)10-6-9(13)7-16-12(10)14-2/h3-7H,1-2H3,(H,14,16)(H,15,17). The highest BCUT2D eigenvalue weighted by atomic mass is 79.9. The van der Waals surface area contributed by atoms with Crippen molar-refractivity contribution < 1.29 is 8.42 Å². The molecule has 0 saturated carbocycles. The summed E-state index contributed by atoms with van der Waals surface area (Å²) >= 11 is 3.22. The molecule has 2 heterocycles. The third kappa shape index (κ3) is 3.07. The van der Waals surface area contributed by atoms with Crippen LogP contribution in [0, 0.1) is 6.92 Å². The Morgan fingerprint density at radius 3 is 2.65 bits per heavy atom. The van der Waals surface area contributed by atoms with E-state index in [4.69, 9.17) is 0 Å². The van der Waals surface area contributed by atoms with Crippen molar-refractivity contribution in [3.05, 3.63) is 40.6 Å². The predicted octanol–water partition coefficient (Wildman–Crippen LogP) is 2.39. The monoisotopic (exact) mass is 356 g/mol. The molecule has 2 rings (SSSR count). The van der Waals surface area contributed by atoms with Crippen LogP contribution in [0.4, 0.5) is 11.6 Å². The third-order valence-electron chi connectivity index (χ3n) is 2.59. The van der Waals surface area contributed by atoms with Crippen molar-refractivity contribution in [2.24, 2.45) is 0 Å². The first-order chi connectivity index (χ1) is 9.44. The largest absolute Gasteiger partial charge is 0.372 e. The maximum atomic E-state index is 12.4. The van der Waals surface area contributed by atoms with Crippen LogP contribution in [0.1, 0.15) is 5.56 Å². The van der Waals surface area contributed by atoms with Gasteiger partial charge in [-0.3, -0.25) is 4.72 Å². The molecule has 0 amide bonds. The lowest BCUT2D eigenvalue weighted by atomic mass is 10.3. The fraction of sp³-hybridized carbons (Fsp3) is 0.167. The van der Waals surface area contributed by atoms with Crippen LogP contribution in [0.5, 0.6) is 0 Å². The summed E-state index contributed by atoms with van der Waals surface area (Å²) in [6, 6.07) is 5.01. The zero-order valence-electron chi connectivity index (χ0n) is 10.9. The van der Waals surface area contributed by atoms with E-state index in [0.29, 0.717) is 10.3 Å². The van der Waals surface area contributed by atoms with Gasteiger partial charge in [0, 0.05) is 23.9 Å². The molecule has 20 heavy (non-hydrogen) atoms. The van der Waals surface area contributed by atoms with E-state index in [9.17, 15) is 8.42 Å². The Morgan fingerprint density at radius 1 is 1.25 bits per heavy atom. The van der Waals surface area contributed by atoms with Gasteiger partial charge in [-0.2, -0.15) is 0 Å². The van der Waals surface area contributed by atoms with Gasteiger partial charge in [0.15, 0.2) is 0 Å².